The van der Waals surface area contributed by atoms with Gasteiger partial charge in [-0.25, -0.2) is 9.50 Å². The predicted molar refractivity (Wildman–Crippen MR) is 104 cm³/mol. The Kier molecular flexibility index (Phi) is 4.64. The van der Waals surface area contributed by atoms with Crippen molar-refractivity contribution < 1.29 is 14.3 Å². The van der Waals surface area contributed by atoms with Gasteiger partial charge in [-0.15, -0.1) is 0 Å². The highest BCUT2D eigenvalue weighted by atomic mass is 16.5. The standard InChI is InChI=1S/C20H22N4O4/c1-23-10-13(8-17(23)25)15-9-18(26)24-20(21-15)19(16(22-24)11-27-2)12-4-6-14(28-3)7-5-12/h4-7,9,13,22H,8,10-11H2,1-3H3. The molecule has 4 rings (SSSR count). The monoisotopic (exact) mass is 382 g/mol. The summed E-state index contributed by atoms with van der Waals surface area (Å²) in [6, 6.07) is 9.08. The van der Waals surface area contributed by atoms with Crippen LogP contribution in [0.2, 0.25) is 0 Å². The van der Waals surface area contributed by atoms with Crippen LogP contribution in [0.25, 0.3) is 16.8 Å². The van der Waals surface area contributed by atoms with E-state index in [9.17, 15) is 9.59 Å². The number of likely N-dealkylation sites (tertiary alicyclic amines) is 1. The fourth-order valence-electron chi connectivity index (χ4n) is 3.68. The number of rotatable bonds is 5. The first-order valence-electron chi connectivity index (χ1n) is 9.03. The molecule has 1 unspecified atom stereocenters. The lowest BCUT2D eigenvalue weighted by Gasteiger charge is -2.10. The highest BCUT2D eigenvalue weighted by Gasteiger charge is 2.30. The van der Waals surface area contributed by atoms with Gasteiger partial charge in [0.05, 0.1) is 25.1 Å². The molecule has 1 aliphatic rings. The van der Waals surface area contributed by atoms with Crippen molar-refractivity contribution in [1.82, 2.24) is 19.5 Å². The SMILES string of the molecule is COCc1[nH]n2c(=O)cc(C3CC(=O)N(C)C3)nc2c1-c1ccc(OC)cc1. The van der Waals surface area contributed by atoms with Crippen molar-refractivity contribution >= 4 is 11.6 Å². The molecule has 2 aromatic heterocycles. The van der Waals surface area contributed by atoms with Crippen LogP contribution in [-0.4, -0.2) is 53.2 Å². The number of hydrogen-bond acceptors (Lipinski definition) is 5. The number of fused-ring (bicyclic) bond motifs is 1. The van der Waals surface area contributed by atoms with Crippen molar-refractivity contribution in [2.75, 3.05) is 27.8 Å². The number of aromatic nitrogens is 3. The van der Waals surface area contributed by atoms with Gasteiger partial charge in [-0.3, -0.25) is 14.7 Å². The fourth-order valence-corrected chi connectivity index (χ4v) is 3.68. The number of ether oxygens (including phenoxy) is 2. The third-order valence-electron chi connectivity index (χ3n) is 5.14. The van der Waals surface area contributed by atoms with E-state index in [2.05, 4.69) is 5.10 Å². The molecule has 3 heterocycles. The molecule has 0 bridgehead atoms. The smallest absolute Gasteiger partial charge is 0.272 e. The number of benzene rings is 1. The van der Waals surface area contributed by atoms with E-state index in [-0.39, 0.29) is 17.4 Å². The van der Waals surface area contributed by atoms with Crippen LogP contribution in [0.15, 0.2) is 35.1 Å². The minimum absolute atomic E-state index is 0.0662. The zero-order valence-electron chi connectivity index (χ0n) is 16.1. The second kappa shape index (κ2) is 7.12. The second-order valence-corrected chi connectivity index (χ2v) is 6.98. The summed E-state index contributed by atoms with van der Waals surface area (Å²) in [5, 5.41) is 3.10. The van der Waals surface area contributed by atoms with Crippen LogP contribution in [0.4, 0.5) is 0 Å². The summed E-state index contributed by atoms with van der Waals surface area (Å²) in [5.74, 6) is 0.728. The Bertz CT molecular complexity index is 1080. The van der Waals surface area contributed by atoms with E-state index in [4.69, 9.17) is 14.5 Å². The van der Waals surface area contributed by atoms with Gasteiger partial charge in [0.25, 0.3) is 5.56 Å². The molecule has 1 atom stereocenters. The minimum Gasteiger partial charge on any atom is -0.497 e. The highest BCUT2D eigenvalue weighted by molar-refractivity contribution is 5.81. The summed E-state index contributed by atoms with van der Waals surface area (Å²) in [5.41, 5.74) is 3.42. The molecule has 0 aliphatic carbocycles. The molecule has 1 saturated heterocycles. The van der Waals surface area contributed by atoms with Crippen LogP contribution < -0.4 is 10.3 Å². The molecule has 8 nitrogen and oxygen atoms in total. The molecule has 1 aliphatic heterocycles. The first-order valence-corrected chi connectivity index (χ1v) is 9.03. The topological polar surface area (TPSA) is 88.9 Å². The summed E-state index contributed by atoms with van der Waals surface area (Å²) in [6.07, 6.45) is 0.367. The lowest BCUT2D eigenvalue weighted by molar-refractivity contribution is -0.126. The molecule has 0 saturated carbocycles. The molecule has 0 spiro atoms. The number of methoxy groups -OCH3 is 2. The van der Waals surface area contributed by atoms with Gasteiger partial charge >= 0.3 is 0 Å². The van der Waals surface area contributed by atoms with Crippen molar-refractivity contribution in [3.8, 4) is 16.9 Å². The lowest BCUT2D eigenvalue weighted by atomic mass is 10.0. The van der Waals surface area contributed by atoms with Gasteiger partial charge in [-0.05, 0) is 17.7 Å². The molecule has 146 valence electrons. The number of aromatic amines is 1. The molecule has 1 fully saturated rings. The van der Waals surface area contributed by atoms with Gasteiger partial charge < -0.3 is 14.4 Å². The van der Waals surface area contributed by atoms with Gasteiger partial charge in [-0.2, -0.15) is 0 Å². The number of likely N-dealkylation sites (N-methyl/N-ethyl adjacent to an activating group) is 1. The van der Waals surface area contributed by atoms with Crippen molar-refractivity contribution in [2.24, 2.45) is 0 Å². The van der Waals surface area contributed by atoms with Gasteiger partial charge in [-0.1, -0.05) is 12.1 Å². The second-order valence-electron chi connectivity index (χ2n) is 6.98. The number of carbonyl (C=O) groups is 1. The van der Waals surface area contributed by atoms with Crippen molar-refractivity contribution in [3.05, 3.63) is 52.1 Å². The Morgan fingerprint density at radius 3 is 2.57 bits per heavy atom. The minimum atomic E-state index is -0.209. The Labute approximate surface area is 161 Å². The molecule has 0 radical (unpaired) electrons. The highest BCUT2D eigenvalue weighted by Crippen LogP contribution is 2.31. The molecule has 1 N–H and O–H groups in total. The maximum atomic E-state index is 12.8. The Balaban J connectivity index is 1.89. The molecular weight excluding hydrogens is 360 g/mol. The van der Waals surface area contributed by atoms with Crippen LogP contribution in [0, 0.1) is 0 Å². The largest absolute Gasteiger partial charge is 0.497 e. The van der Waals surface area contributed by atoms with E-state index < -0.39 is 0 Å². The Morgan fingerprint density at radius 2 is 1.96 bits per heavy atom. The van der Waals surface area contributed by atoms with Crippen LogP contribution >= 0.6 is 0 Å². The van der Waals surface area contributed by atoms with Crippen molar-refractivity contribution in [2.45, 2.75) is 18.9 Å². The maximum absolute atomic E-state index is 12.8. The maximum Gasteiger partial charge on any atom is 0.272 e. The molecule has 8 heteroatoms. The average Bonchev–Trinajstić information content (AvgIpc) is 3.22. The first kappa shape index (κ1) is 18.2. The first-order chi connectivity index (χ1) is 13.5. The number of H-pyrrole nitrogens is 1. The van der Waals surface area contributed by atoms with E-state index in [1.165, 1.54) is 10.6 Å². The van der Waals surface area contributed by atoms with E-state index in [0.717, 1.165) is 22.6 Å². The molecule has 28 heavy (non-hydrogen) atoms. The third kappa shape index (κ3) is 3.05. The molecular formula is C20H22N4O4. The summed E-state index contributed by atoms with van der Waals surface area (Å²) in [4.78, 5) is 31.1. The van der Waals surface area contributed by atoms with Crippen LogP contribution in [0.1, 0.15) is 23.7 Å². The summed E-state index contributed by atoms with van der Waals surface area (Å²) in [7, 11) is 4.98. The van der Waals surface area contributed by atoms with E-state index in [1.54, 1.807) is 26.2 Å². The summed E-state index contributed by atoms with van der Waals surface area (Å²) >= 11 is 0. The fraction of sp³-hybridized carbons (Fsp3) is 0.350. The van der Waals surface area contributed by atoms with Crippen LogP contribution in [-0.2, 0) is 16.1 Å². The van der Waals surface area contributed by atoms with Gasteiger partial charge in [0, 0.05) is 44.7 Å². The quantitative estimate of drug-likeness (QED) is 0.727. The van der Waals surface area contributed by atoms with Gasteiger partial charge in [0.2, 0.25) is 5.91 Å². The van der Waals surface area contributed by atoms with Gasteiger partial charge in [0.1, 0.15) is 5.75 Å². The van der Waals surface area contributed by atoms with E-state index >= 15 is 0 Å². The number of hydrogen-bond donors (Lipinski definition) is 1. The van der Waals surface area contributed by atoms with Crippen LogP contribution in [0.3, 0.4) is 0 Å². The molecule has 3 aromatic rings. The number of nitrogens with one attached hydrogen (secondary N) is 1. The normalized spacial score (nSPS) is 16.9. The zero-order valence-corrected chi connectivity index (χ0v) is 16.1. The molecule has 1 aromatic carbocycles. The predicted octanol–water partition coefficient (Wildman–Crippen LogP) is 1.79. The number of carbonyl (C=O) groups excluding carboxylic acids is 1. The van der Waals surface area contributed by atoms with E-state index in [0.29, 0.717) is 30.9 Å². The Morgan fingerprint density at radius 1 is 1.21 bits per heavy atom. The third-order valence-corrected chi connectivity index (χ3v) is 5.14. The van der Waals surface area contributed by atoms with Crippen molar-refractivity contribution in [1.29, 1.82) is 0 Å². The Hall–Kier alpha value is -3.13. The van der Waals surface area contributed by atoms with Crippen LogP contribution in [0.5, 0.6) is 5.75 Å². The van der Waals surface area contributed by atoms with Crippen molar-refractivity contribution in [3.63, 3.8) is 0 Å². The number of nitrogens with zero attached hydrogens (tertiary/aromatic N) is 3. The lowest BCUT2D eigenvalue weighted by Crippen LogP contribution is -2.20. The average molecular weight is 382 g/mol. The van der Waals surface area contributed by atoms with E-state index in [1.807, 2.05) is 24.3 Å². The number of amides is 1. The summed E-state index contributed by atoms with van der Waals surface area (Å²) in [6.45, 7) is 0.874. The zero-order chi connectivity index (χ0) is 19.8. The molecule has 1 amide bonds. The summed E-state index contributed by atoms with van der Waals surface area (Å²) < 4.78 is 12.0. The van der Waals surface area contributed by atoms with Gasteiger partial charge in [0.15, 0.2) is 5.65 Å².